The number of nitrogens with zero attached hydrogens (tertiary/aromatic N) is 3. The number of hydrogen-bond acceptors (Lipinski definition) is 6. The normalized spacial score (nSPS) is 14.7. The number of ether oxygens (including phenoxy) is 2. The second-order valence-corrected chi connectivity index (χ2v) is 8.47. The molecule has 158 valence electrons. The van der Waals surface area contributed by atoms with Gasteiger partial charge < -0.3 is 9.47 Å². The summed E-state index contributed by atoms with van der Waals surface area (Å²) in [7, 11) is 1.61. The van der Waals surface area contributed by atoms with E-state index in [1.807, 2.05) is 29.2 Å². The summed E-state index contributed by atoms with van der Waals surface area (Å²) in [6, 6.07) is 13.5. The van der Waals surface area contributed by atoms with E-state index in [2.05, 4.69) is 24.0 Å². The standard InChI is InChI=1S/C23H27N3O3S/c1-17-7-8-20-21(15-17)30-23(24-20)26(10-4-9-25-11-13-29-14-12-25)22(27)18-5-3-6-19(16-18)28-2/h3,5-8,15-16H,4,9-14H2,1-2H3. The van der Waals surface area contributed by atoms with E-state index in [1.165, 1.54) is 5.56 Å². The smallest absolute Gasteiger partial charge is 0.260 e. The van der Waals surface area contributed by atoms with Crippen LogP contribution >= 0.6 is 11.3 Å². The van der Waals surface area contributed by atoms with Crippen LogP contribution in [0.15, 0.2) is 42.5 Å². The number of thiazole rings is 1. The van der Waals surface area contributed by atoms with Gasteiger partial charge in [-0.3, -0.25) is 14.6 Å². The maximum atomic E-state index is 13.4. The second kappa shape index (κ2) is 9.55. The largest absolute Gasteiger partial charge is 0.497 e. The molecular formula is C23H27N3O3S. The molecule has 6 nitrogen and oxygen atoms in total. The van der Waals surface area contributed by atoms with Crippen molar-refractivity contribution < 1.29 is 14.3 Å². The summed E-state index contributed by atoms with van der Waals surface area (Å²) in [6.45, 7) is 7.09. The molecule has 1 fully saturated rings. The third-order valence-electron chi connectivity index (χ3n) is 5.29. The molecule has 0 aliphatic carbocycles. The van der Waals surface area contributed by atoms with E-state index in [4.69, 9.17) is 14.5 Å². The molecule has 7 heteroatoms. The van der Waals surface area contributed by atoms with Gasteiger partial charge in [0.2, 0.25) is 0 Å². The molecule has 1 aliphatic heterocycles. The molecule has 0 bridgehead atoms. The van der Waals surface area contributed by atoms with Crippen molar-refractivity contribution in [3.63, 3.8) is 0 Å². The average molecular weight is 426 g/mol. The Labute approximate surface area is 181 Å². The van der Waals surface area contributed by atoms with E-state index in [1.54, 1.807) is 24.5 Å². The zero-order valence-corrected chi connectivity index (χ0v) is 18.3. The molecule has 3 aromatic rings. The fourth-order valence-corrected chi connectivity index (χ4v) is 4.70. The van der Waals surface area contributed by atoms with Gasteiger partial charge in [-0.15, -0.1) is 0 Å². The number of methoxy groups -OCH3 is 1. The van der Waals surface area contributed by atoms with E-state index in [9.17, 15) is 4.79 Å². The summed E-state index contributed by atoms with van der Waals surface area (Å²) < 4.78 is 11.8. The van der Waals surface area contributed by atoms with Crippen LogP contribution in [-0.4, -0.2) is 62.3 Å². The molecule has 1 aliphatic rings. The number of anilines is 1. The van der Waals surface area contributed by atoms with Gasteiger partial charge >= 0.3 is 0 Å². The summed E-state index contributed by atoms with van der Waals surface area (Å²) >= 11 is 1.57. The maximum absolute atomic E-state index is 13.4. The predicted octanol–water partition coefficient (Wildman–Crippen LogP) is 3.98. The van der Waals surface area contributed by atoms with Crippen molar-refractivity contribution in [2.75, 3.05) is 51.4 Å². The van der Waals surface area contributed by atoms with Gasteiger partial charge in [0, 0.05) is 31.7 Å². The summed E-state index contributed by atoms with van der Waals surface area (Å²) in [4.78, 5) is 22.4. The van der Waals surface area contributed by atoms with Crippen LogP contribution < -0.4 is 9.64 Å². The minimum atomic E-state index is -0.0494. The Morgan fingerprint density at radius 1 is 1.23 bits per heavy atom. The Morgan fingerprint density at radius 2 is 2.07 bits per heavy atom. The van der Waals surface area contributed by atoms with Crippen molar-refractivity contribution >= 4 is 32.6 Å². The number of morpholine rings is 1. The van der Waals surface area contributed by atoms with Crippen molar-refractivity contribution in [3.8, 4) is 5.75 Å². The Kier molecular flexibility index (Phi) is 6.62. The van der Waals surface area contributed by atoms with E-state index in [0.717, 1.165) is 54.6 Å². The number of fused-ring (bicyclic) bond motifs is 1. The SMILES string of the molecule is COc1cccc(C(=O)N(CCCN2CCOCC2)c2nc3ccc(C)cc3s2)c1. The van der Waals surface area contributed by atoms with Crippen LogP contribution in [0.4, 0.5) is 5.13 Å². The van der Waals surface area contributed by atoms with E-state index < -0.39 is 0 Å². The third-order valence-corrected chi connectivity index (χ3v) is 6.33. The zero-order valence-electron chi connectivity index (χ0n) is 17.5. The molecule has 1 aromatic heterocycles. The lowest BCUT2D eigenvalue weighted by atomic mass is 10.2. The lowest BCUT2D eigenvalue weighted by Gasteiger charge is -2.27. The molecule has 4 rings (SSSR count). The molecule has 30 heavy (non-hydrogen) atoms. The number of benzene rings is 2. The summed E-state index contributed by atoms with van der Waals surface area (Å²) in [6.07, 6.45) is 0.880. The fourth-order valence-electron chi connectivity index (χ4n) is 3.61. The van der Waals surface area contributed by atoms with E-state index in [-0.39, 0.29) is 5.91 Å². The first kappa shape index (κ1) is 20.8. The molecule has 0 saturated carbocycles. The number of carbonyl (C=O) groups is 1. The molecule has 0 spiro atoms. The average Bonchev–Trinajstić information content (AvgIpc) is 3.19. The molecule has 0 radical (unpaired) electrons. The van der Waals surface area contributed by atoms with Gasteiger partial charge in [0.1, 0.15) is 5.75 Å². The van der Waals surface area contributed by atoms with Gasteiger partial charge in [-0.1, -0.05) is 23.5 Å². The molecule has 1 amide bonds. The van der Waals surface area contributed by atoms with Crippen molar-refractivity contribution in [2.45, 2.75) is 13.3 Å². The zero-order chi connectivity index (χ0) is 20.9. The van der Waals surface area contributed by atoms with Crippen LogP contribution in [0.3, 0.4) is 0 Å². The van der Waals surface area contributed by atoms with Crippen molar-refractivity contribution in [1.29, 1.82) is 0 Å². The quantitative estimate of drug-likeness (QED) is 0.573. The number of carbonyl (C=O) groups excluding carboxylic acids is 1. The Morgan fingerprint density at radius 3 is 2.87 bits per heavy atom. The lowest BCUT2D eigenvalue weighted by molar-refractivity contribution is 0.0376. The molecule has 0 N–H and O–H groups in total. The van der Waals surface area contributed by atoms with Crippen molar-refractivity contribution in [3.05, 3.63) is 53.6 Å². The van der Waals surface area contributed by atoms with Gasteiger partial charge in [-0.2, -0.15) is 0 Å². The minimum absolute atomic E-state index is 0.0494. The van der Waals surface area contributed by atoms with E-state index in [0.29, 0.717) is 17.9 Å². The lowest BCUT2D eigenvalue weighted by Crippen LogP contribution is -2.39. The molecule has 2 heterocycles. The maximum Gasteiger partial charge on any atom is 0.260 e. The molecule has 1 saturated heterocycles. The molecule has 2 aromatic carbocycles. The number of aromatic nitrogens is 1. The number of hydrogen-bond donors (Lipinski definition) is 0. The first-order valence-corrected chi connectivity index (χ1v) is 11.1. The molecule has 0 unspecified atom stereocenters. The summed E-state index contributed by atoms with van der Waals surface area (Å²) in [5.74, 6) is 0.626. The number of rotatable bonds is 7. The number of aryl methyl sites for hydroxylation is 1. The van der Waals surface area contributed by atoms with Crippen molar-refractivity contribution in [2.24, 2.45) is 0 Å². The topological polar surface area (TPSA) is 54.9 Å². The highest BCUT2D eigenvalue weighted by Crippen LogP contribution is 2.31. The van der Waals surface area contributed by atoms with Gasteiger partial charge in [0.15, 0.2) is 5.13 Å². The number of amides is 1. The van der Waals surface area contributed by atoms with Crippen LogP contribution in [0.25, 0.3) is 10.2 Å². The van der Waals surface area contributed by atoms with Gasteiger partial charge in [0.05, 0.1) is 30.5 Å². The Hall–Kier alpha value is -2.48. The molecular weight excluding hydrogens is 398 g/mol. The summed E-state index contributed by atoms with van der Waals surface area (Å²) in [5, 5.41) is 0.741. The Balaban J connectivity index is 1.58. The second-order valence-electron chi connectivity index (χ2n) is 7.46. The predicted molar refractivity (Wildman–Crippen MR) is 121 cm³/mol. The van der Waals surface area contributed by atoms with Crippen molar-refractivity contribution in [1.82, 2.24) is 9.88 Å². The first-order chi connectivity index (χ1) is 14.6. The fraction of sp³-hybridized carbons (Fsp3) is 0.391. The highest BCUT2D eigenvalue weighted by Gasteiger charge is 2.22. The van der Waals surface area contributed by atoms with Crippen LogP contribution in [0.1, 0.15) is 22.3 Å². The van der Waals surface area contributed by atoms with Crippen LogP contribution in [-0.2, 0) is 4.74 Å². The van der Waals surface area contributed by atoms with E-state index >= 15 is 0 Å². The third kappa shape index (κ3) is 4.80. The highest BCUT2D eigenvalue weighted by molar-refractivity contribution is 7.22. The monoisotopic (exact) mass is 425 g/mol. The van der Waals surface area contributed by atoms with Gasteiger partial charge in [0.25, 0.3) is 5.91 Å². The minimum Gasteiger partial charge on any atom is -0.497 e. The van der Waals surface area contributed by atoms with Crippen LogP contribution in [0, 0.1) is 6.92 Å². The first-order valence-electron chi connectivity index (χ1n) is 10.3. The highest BCUT2D eigenvalue weighted by atomic mass is 32.1. The molecule has 0 atom stereocenters. The van der Waals surface area contributed by atoms with Gasteiger partial charge in [-0.25, -0.2) is 4.98 Å². The van der Waals surface area contributed by atoms with Gasteiger partial charge in [-0.05, 0) is 49.2 Å². The summed E-state index contributed by atoms with van der Waals surface area (Å²) in [5.41, 5.74) is 2.73. The van der Waals surface area contributed by atoms with Crippen LogP contribution in [0.5, 0.6) is 5.75 Å². The van der Waals surface area contributed by atoms with Crippen LogP contribution in [0.2, 0.25) is 0 Å². The Bertz CT molecular complexity index is 1010.